The zero-order valence-electron chi connectivity index (χ0n) is 13.7. The number of hydrogen-bond donors (Lipinski definition) is 2. The summed E-state index contributed by atoms with van der Waals surface area (Å²) in [6, 6.07) is 0. The molecular formula is C14H16FN3O8. The molecule has 1 aromatic heterocycles. The van der Waals surface area contributed by atoms with E-state index in [4.69, 9.17) is 19.9 Å². The first-order valence-corrected chi connectivity index (χ1v) is 7.35. The maximum atomic E-state index is 13.7. The molecule has 1 fully saturated rings. The van der Waals surface area contributed by atoms with Crippen LogP contribution in [0.5, 0.6) is 0 Å². The predicted molar refractivity (Wildman–Crippen MR) is 79.1 cm³/mol. The fraction of sp³-hybridized carbons (Fsp3) is 0.500. The van der Waals surface area contributed by atoms with Crippen molar-refractivity contribution in [1.29, 1.82) is 0 Å². The quantitative estimate of drug-likeness (QED) is 0.569. The van der Waals surface area contributed by atoms with E-state index in [1.165, 1.54) is 0 Å². The lowest BCUT2D eigenvalue weighted by atomic mass is 10.1. The minimum Gasteiger partial charge on any atom is -0.456 e. The molecular weight excluding hydrogens is 357 g/mol. The average molecular weight is 373 g/mol. The minimum absolute atomic E-state index is 0.599. The van der Waals surface area contributed by atoms with E-state index in [1.807, 2.05) is 0 Å². The van der Waals surface area contributed by atoms with Crippen LogP contribution in [0.25, 0.3) is 0 Å². The van der Waals surface area contributed by atoms with Crippen molar-refractivity contribution in [2.45, 2.75) is 38.4 Å². The van der Waals surface area contributed by atoms with Gasteiger partial charge in [-0.15, -0.1) is 0 Å². The van der Waals surface area contributed by atoms with Crippen molar-refractivity contribution < 1.29 is 38.1 Å². The first kappa shape index (κ1) is 19.5. The fourth-order valence-corrected chi connectivity index (χ4v) is 2.56. The van der Waals surface area contributed by atoms with Gasteiger partial charge in [0, 0.05) is 13.8 Å². The molecule has 2 heterocycles. The maximum absolute atomic E-state index is 13.7. The summed E-state index contributed by atoms with van der Waals surface area (Å²) in [5.41, 5.74) is 2.99. The lowest BCUT2D eigenvalue weighted by Gasteiger charge is -2.23. The van der Waals surface area contributed by atoms with Gasteiger partial charge < -0.3 is 25.1 Å². The van der Waals surface area contributed by atoms with Crippen molar-refractivity contribution in [2.75, 3.05) is 6.61 Å². The zero-order valence-corrected chi connectivity index (χ0v) is 13.7. The number of aromatic nitrogens is 2. The Balaban J connectivity index is 2.56. The molecule has 0 bridgehead atoms. The summed E-state index contributed by atoms with van der Waals surface area (Å²) in [4.78, 5) is 49.4. The van der Waals surface area contributed by atoms with E-state index in [-0.39, 0.29) is 0 Å². The largest absolute Gasteiger partial charge is 0.456 e. The average Bonchev–Trinajstić information content (AvgIpc) is 2.85. The highest BCUT2D eigenvalue weighted by atomic mass is 19.1. The van der Waals surface area contributed by atoms with Crippen LogP contribution in [0.15, 0.2) is 11.0 Å². The summed E-state index contributed by atoms with van der Waals surface area (Å²) < 4.78 is 29.8. The van der Waals surface area contributed by atoms with Crippen molar-refractivity contribution in [3.63, 3.8) is 0 Å². The Morgan fingerprint density at radius 2 is 1.88 bits per heavy atom. The van der Waals surface area contributed by atoms with Gasteiger partial charge in [0.25, 0.3) is 11.5 Å². The summed E-state index contributed by atoms with van der Waals surface area (Å²) in [6.07, 6.45) is -4.72. The third-order valence-electron chi connectivity index (χ3n) is 3.48. The van der Waals surface area contributed by atoms with E-state index < -0.39 is 66.2 Å². The maximum Gasteiger partial charge on any atom is 0.303 e. The highest BCUT2D eigenvalue weighted by Gasteiger charge is 2.50. The van der Waals surface area contributed by atoms with Gasteiger partial charge in [0.05, 0.1) is 12.8 Å². The van der Waals surface area contributed by atoms with E-state index in [1.54, 1.807) is 0 Å². The number of rotatable bonds is 5. The van der Waals surface area contributed by atoms with Crippen LogP contribution in [-0.4, -0.2) is 57.4 Å². The van der Waals surface area contributed by atoms with E-state index in [9.17, 15) is 28.7 Å². The second-order valence-electron chi connectivity index (χ2n) is 5.38. The molecule has 1 aromatic rings. The Morgan fingerprint density at radius 1 is 1.31 bits per heavy atom. The molecule has 0 spiro atoms. The highest BCUT2D eigenvalue weighted by molar-refractivity contribution is 5.90. The van der Waals surface area contributed by atoms with Gasteiger partial charge in [-0.3, -0.25) is 23.7 Å². The minimum atomic E-state index is -1.50. The molecule has 1 amide bonds. The summed E-state index contributed by atoms with van der Waals surface area (Å²) in [5, 5.41) is 9.43. The molecule has 142 valence electrons. The van der Waals surface area contributed by atoms with Crippen molar-refractivity contribution >= 4 is 17.8 Å². The Labute approximate surface area is 145 Å². The lowest BCUT2D eigenvalue weighted by Crippen LogP contribution is -2.42. The van der Waals surface area contributed by atoms with Crippen LogP contribution >= 0.6 is 0 Å². The summed E-state index contributed by atoms with van der Waals surface area (Å²) >= 11 is 0. The van der Waals surface area contributed by atoms with Gasteiger partial charge in [-0.25, -0.2) is 4.98 Å². The topological polar surface area (TPSA) is 160 Å². The van der Waals surface area contributed by atoms with Crippen LogP contribution in [-0.2, 0) is 23.8 Å². The molecule has 4 atom stereocenters. The predicted octanol–water partition coefficient (Wildman–Crippen LogP) is -1.77. The van der Waals surface area contributed by atoms with Gasteiger partial charge in [0.1, 0.15) is 6.10 Å². The smallest absolute Gasteiger partial charge is 0.303 e. The van der Waals surface area contributed by atoms with Crippen LogP contribution in [0, 0.1) is 5.95 Å². The third kappa shape index (κ3) is 3.86. The van der Waals surface area contributed by atoms with Gasteiger partial charge in [0.2, 0.25) is 5.95 Å². The summed E-state index contributed by atoms with van der Waals surface area (Å²) in [6.45, 7) is 1.48. The number of carbonyl (C=O) groups excluding carboxylic acids is 3. The molecule has 11 nitrogen and oxygen atoms in total. The van der Waals surface area contributed by atoms with Crippen LogP contribution in [0.4, 0.5) is 4.39 Å². The third-order valence-corrected chi connectivity index (χ3v) is 3.48. The first-order valence-electron chi connectivity index (χ1n) is 7.35. The molecule has 4 unspecified atom stereocenters. The number of primary amides is 1. The highest BCUT2D eigenvalue weighted by Crippen LogP contribution is 2.33. The number of aliphatic hydroxyl groups excluding tert-OH is 1. The number of aliphatic hydroxyl groups is 1. The number of ether oxygens (including phenoxy) is 3. The standard InChI is InChI=1S/C14H16FN3O8/c1-5(20)24-10-7(4-19)26-14(11(10)25-6(2)21)18-3-8(15)17-9(12(16)22)13(18)23/h3,7,10-11,14,19H,4H2,1-2H3,(H2,16,22). The zero-order chi connectivity index (χ0) is 19.6. The van der Waals surface area contributed by atoms with E-state index in [2.05, 4.69) is 4.98 Å². The Kier molecular flexibility index (Phi) is 5.67. The Bertz CT molecular complexity index is 795. The van der Waals surface area contributed by atoms with Crippen LogP contribution < -0.4 is 11.3 Å². The number of nitrogens with two attached hydrogens (primary N) is 1. The van der Waals surface area contributed by atoms with E-state index in [0.717, 1.165) is 13.8 Å². The van der Waals surface area contributed by atoms with Crippen molar-refractivity contribution in [3.8, 4) is 0 Å². The number of amides is 1. The molecule has 1 saturated heterocycles. The SMILES string of the molecule is CC(=O)OC1C(CO)OC(n2cc(F)nc(C(N)=O)c2=O)C1OC(C)=O. The normalized spacial score (nSPS) is 24.9. The van der Waals surface area contributed by atoms with Crippen molar-refractivity contribution in [1.82, 2.24) is 9.55 Å². The Morgan fingerprint density at radius 3 is 2.38 bits per heavy atom. The van der Waals surface area contributed by atoms with Gasteiger partial charge in [-0.2, -0.15) is 4.39 Å². The molecule has 1 aliphatic rings. The molecule has 12 heteroatoms. The number of hydrogen-bond acceptors (Lipinski definition) is 9. The number of esters is 2. The monoisotopic (exact) mass is 373 g/mol. The molecule has 0 saturated carbocycles. The summed E-state index contributed by atoms with van der Waals surface area (Å²) in [5.74, 6) is -4.07. The van der Waals surface area contributed by atoms with E-state index >= 15 is 0 Å². The molecule has 3 N–H and O–H groups in total. The second kappa shape index (κ2) is 7.58. The van der Waals surface area contributed by atoms with Crippen molar-refractivity contribution in [3.05, 3.63) is 28.2 Å². The van der Waals surface area contributed by atoms with Crippen LogP contribution in [0.3, 0.4) is 0 Å². The molecule has 26 heavy (non-hydrogen) atoms. The van der Waals surface area contributed by atoms with Gasteiger partial charge in [0.15, 0.2) is 24.1 Å². The molecule has 0 radical (unpaired) electrons. The summed E-state index contributed by atoms with van der Waals surface area (Å²) in [7, 11) is 0. The van der Waals surface area contributed by atoms with E-state index in [0.29, 0.717) is 10.8 Å². The number of halogens is 1. The van der Waals surface area contributed by atoms with Gasteiger partial charge in [-0.05, 0) is 0 Å². The number of carbonyl (C=O) groups is 3. The lowest BCUT2D eigenvalue weighted by molar-refractivity contribution is -0.165. The molecule has 1 aliphatic heterocycles. The Hall–Kier alpha value is -2.86. The first-order chi connectivity index (χ1) is 12.1. The molecule has 0 aromatic carbocycles. The van der Waals surface area contributed by atoms with Gasteiger partial charge in [-0.1, -0.05) is 0 Å². The molecule has 0 aliphatic carbocycles. The van der Waals surface area contributed by atoms with Crippen molar-refractivity contribution in [2.24, 2.45) is 5.73 Å². The van der Waals surface area contributed by atoms with Gasteiger partial charge >= 0.3 is 11.9 Å². The van der Waals surface area contributed by atoms with Crippen LogP contribution in [0.2, 0.25) is 0 Å². The number of nitrogens with zero attached hydrogens (tertiary/aromatic N) is 2. The molecule has 2 rings (SSSR count). The fourth-order valence-electron chi connectivity index (χ4n) is 2.56. The second-order valence-corrected chi connectivity index (χ2v) is 5.38. The van der Waals surface area contributed by atoms with Crippen LogP contribution in [0.1, 0.15) is 30.6 Å².